The highest BCUT2D eigenvalue weighted by molar-refractivity contribution is 5.94. The molecule has 2 unspecified atom stereocenters. The highest BCUT2D eigenvalue weighted by Crippen LogP contribution is 2.29. The molecule has 1 aliphatic carbocycles. The van der Waals surface area contributed by atoms with E-state index in [0.717, 1.165) is 12.0 Å². The Kier molecular flexibility index (Phi) is 6.47. The number of hydrogen-bond donors (Lipinski definition) is 3. The summed E-state index contributed by atoms with van der Waals surface area (Å²) in [5, 5.41) is 14.8. The Bertz CT molecular complexity index is 831. The Balaban J connectivity index is 1.52. The van der Waals surface area contributed by atoms with Crippen LogP contribution >= 0.6 is 0 Å². The molecule has 7 heteroatoms. The molecule has 0 aliphatic heterocycles. The molecule has 2 amide bonds. The molecule has 0 saturated heterocycles. The lowest BCUT2D eigenvalue weighted by molar-refractivity contribution is -0.144. The average Bonchev–Trinajstić information content (AvgIpc) is 3.24. The van der Waals surface area contributed by atoms with E-state index < -0.39 is 11.9 Å². The van der Waals surface area contributed by atoms with Crippen LogP contribution in [0.25, 0.3) is 0 Å². The van der Waals surface area contributed by atoms with E-state index >= 15 is 0 Å². The third-order valence-electron chi connectivity index (χ3n) is 5.05. The van der Waals surface area contributed by atoms with Crippen LogP contribution in [-0.2, 0) is 22.7 Å². The lowest BCUT2D eigenvalue weighted by Crippen LogP contribution is -2.35. The van der Waals surface area contributed by atoms with E-state index in [-0.39, 0.29) is 17.7 Å². The molecule has 3 N–H and O–H groups in total. The van der Waals surface area contributed by atoms with Gasteiger partial charge in [-0.3, -0.25) is 14.4 Å². The van der Waals surface area contributed by atoms with Gasteiger partial charge in [0.25, 0.3) is 5.91 Å². The first-order valence-corrected chi connectivity index (χ1v) is 9.43. The maximum Gasteiger partial charge on any atom is 0.306 e. The standard InChI is InChI=1S/C21H24N2O5/c24-19(23-13-18-8-3-9-28-18)15-5-1-4-14(10-15)12-22-20(25)16-6-2-7-17(11-16)21(26)27/h1,3-5,8-10,16-17H,2,6-7,11-13H2,(H,22,25)(H,23,24)(H,26,27). The van der Waals surface area contributed by atoms with Crippen LogP contribution in [-0.4, -0.2) is 22.9 Å². The van der Waals surface area contributed by atoms with E-state index in [1.54, 1.807) is 36.6 Å². The number of carbonyl (C=O) groups excluding carboxylic acids is 2. The number of furan rings is 1. The molecule has 1 saturated carbocycles. The third-order valence-corrected chi connectivity index (χ3v) is 5.05. The van der Waals surface area contributed by atoms with Crippen molar-refractivity contribution in [1.29, 1.82) is 0 Å². The summed E-state index contributed by atoms with van der Waals surface area (Å²) in [6.07, 6.45) is 4.03. The Hall–Kier alpha value is -3.09. The molecule has 0 bridgehead atoms. The van der Waals surface area contributed by atoms with Crippen LogP contribution in [0.1, 0.15) is 47.4 Å². The topological polar surface area (TPSA) is 109 Å². The van der Waals surface area contributed by atoms with Gasteiger partial charge in [-0.1, -0.05) is 18.6 Å². The van der Waals surface area contributed by atoms with Crippen LogP contribution in [0, 0.1) is 11.8 Å². The van der Waals surface area contributed by atoms with Crippen LogP contribution in [0.15, 0.2) is 47.1 Å². The number of carboxylic acid groups (broad SMARTS) is 1. The normalized spacial score (nSPS) is 19.0. The summed E-state index contributed by atoms with van der Waals surface area (Å²) in [6.45, 7) is 0.603. The summed E-state index contributed by atoms with van der Waals surface area (Å²) >= 11 is 0. The van der Waals surface area contributed by atoms with Crippen LogP contribution < -0.4 is 10.6 Å². The van der Waals surface area contributed by atoms with Gasteiger partial charge in [0, 0.05) is 18.0 Å². The summed E-state index contributed by atoms with van der Waals surface area (Å²) in [6, 6.07) is 10.6. The Morgan fingerprint density at radius 1 is 1.04 bits per heavy atom. The Labute approximate surface area is 163 Å². The summed E-state index contributed by atoms with van der Waals surface area (Å²) in [5.74, 6) is -1.21. The van der Waals surface area contributed by atoms with E-state index in [0.29, 0.717) is 43.7 Å². The maximum absolute atomic E-state index is 12.4. The molecule has 2 aromatic rings. The van der Waals surface area contributed by atoms with Crippen molar-refractivity contribution in [1.82, 2.24) is 10.6 Å². The van der Waals surface area contributed by atoms with Crippen molar-refractivity contribution in [2.45, 2.75) is 38.8 Å². The van der Waals surface area contributed by atoms with Crippen molar-refractivity contribution >= 4 is 17.8 Å². The van der Waals surface area contributed by atoms with Crippen LogP contribution in [0.2, 0.25) is 0 Å². The fourth-order valence-corrected chi connectivity index (χ4v) is 3.49. The Morgan fingerprint density at radius 3 is 2.61 bits per heavy atom. The van der Waals surface area contributed by atoms with Crippen LogP contribution in [0.4, 0.5) is 0 Å². The molecular weight excluding hydrogens is 360 g/mol. The molecule has 28 heavy (non-hydrogen) atoms. The number of nitrogens with one attached hydrogen (secondary N) is 2. The summed E-state index contributed by atoms with van der Waals surface area (Å²) in [7, 11) is 0. The molecule has 1 aromatic carbocycles. The van der Waals surface area contributed by atoms with Gasteiger partial charge in [0.15, 0.2) is 0 Å². The number of carboxylic acids is 1. The predicted octanol–water partition coefficient (Wildman–Crippen LogP) is 2.72. The molecule has 1 aliphatic rings. The second-order valence-corrected chi connectivity index (χ2v) is 7.08. The zero-order chi connectivity index (χ0) is 19.9. The highest BCUT2D eigenvalue weighted by atomic mass is 16.4. The number of rotatable bonds is 7. The van der Waals surface area contributed by atoms with Crippen LogP contribution in [0.5, 0.6) is 0 Å². The van der Waals surface area contributed by atoms with Gasteiger partial charge >= 0.3 is 5.97 Å². The lowest BCUT2D eigenvalue weighted by Gasteiger charge is -2.25. The van der Waals surface area contributed by atoms with E-state index in [1.807, 2.05) is 6.07 Å². The number of amides is 2. The third kappa shape index (κ3) is 5.22. The number of carbonyl (C=O) groups is 3. The zero-order valence-corrected chi connectivity index (χ0v) is 15.5. The van der Waals surface area contributed by atoms with E-state index in [2.05, 4.69) is 10.6 Å². The minimum absolute atomic E-state index is 0.126. The van der Waals surface area contributed by atoms with Crippen molar-refractivity contribution < 1.29 is 23.9 Å². The summed E-state index contributed by atoms with van der Waals surface area (Å²) in [4.78, 5) is 35.8. The smallest absolute Gasteiger partial charge is 0.306 e. The van der Waals surface area contributed by atoms with Gasteiger partial charge in [-0.05, 0) is 49.1 Å². The average molecular weight is 384 g/mol. The summed E-state index contributed by atoms with van der Waals surface area (Å²) in [5.41, 5.74) is 1.31. The molecule has 1 fully saturated rings. The van der Waals surface area contributed by atoms with E-state index in [1.165, 1.54) is 0 Å². The van der Waals surface area contributed by atoms with Crippen molar-refractivity contribution in [2.24, 2.45) is 11.8 Å². The van der Waals surface area contributed by atoms with Crippen molar-refractivity contribution in [2.75, 3.05) is 0 Å². The molecule has 3 rings (SSSR count). The number of aliphatic carboxylic acids is 1. The van der Waals surface area contributed by atoms with E-state index in [4.69, 9.17) is 9.52 Å². The molecule has 1 heterocycles. The predicted molar refractivity (Wildman–Crippen MR) is 101 cm³/mol. The molecule has 7 nitrogen and oxygen atoms in total. The largest absolute Gasteiger partial charge is 0.481 e. The first kappa shape index (κ1) is 19.7. The molecule has 1 aromatic heterocycles. The van der Waals surface area contributed by atoms with Gasteiger partial charge in [0.2, 0.25) is 5.91 Å². The number of hydrogen-bond acceptors (Lipinski definition) is 4. The second-order valence-electron chi connectivity index (χ2n) is 7.08. The Morgan fingerprint density at radius 2 is 1.86 bits per heavy atom. The van der Waals surface area contributed by atoms with Gasteiger partial charge in [-0.25, -0.2) is 0 Å². The van der Waals surface area contributed by atoms with Crippen LogP contribution in [0.3, 0.4) is 0 Å². The zero-order valence-electron chi connectivity index (χ0n) is 15.5. The SMILES string of the molecule is O=C(NCc1ccco1)c1cccc(CNC(=O)C2CCCC(C(=O)O)C2)c1. The molecule has 0 spiro atoms. The van der Waals surface area contributed by atoms with Gasteiger partial charge in [-0.2, -0.15) is 0 Å². The number of benzene rings is 1. The molecule has 2 atom stereocenters. The van der Waals surface area contributed by atoms with Crippen molar-refractivity contribution in [3.8, 4) is 0 Å². The first-order chi connectivity index (χ1) is 13.5. The summed E-state index contributed by atoms with van der Waals surface area (Å²) < 4.78 is 5.19. The fourth-order valence-electron chi connectivity index (χ4n) is 3.49. The highest BCUT2D eigenvalue weighted by Gasteiger charge is 2.30. The molecular formula is C21H24N2O5. The van der Waals surface area contributed by atoms with Crippen molar-refractivity contribution in [3.63, 3.8) is 0 Å². The van der Waals surface area contributed by atoms with Gasteiger partial charge in [-0.15, -0.1) is 0 Å². The first-order valence-electron chi connectivity index (χ1n) is 9.43. The minimum Gasteiger partial charge on any atom is -0.481 e. The second kappa shape index (κ2) is 9.21. The van der Waals surface area contributed by atoms with Gasteiger partial charge in [0.05, 0.1) is 18.7 Å². The quantitative estimate of drug-likeness (QED) is 0.680. The minimum atomic E-state index is -0.828. The van der Waals surface area contributed by atoms with E-state index in [9.17, 15) is 14.4 Å². The molecule has 148 valence electrons. The molecule has 0 radical (unpaired) electrons. The lowest BCUT2D eigenvalue weighted by atomic mass is 9.81. The van der Waals surface area contributed by atoms with Crippen molar-refractivity contribution in [3.05, 3.63) is 59.5 Å². The maximum atomic E-state index is 12.4. The van der Waals surface area contributed by atoms with Gasteiger partial charge < -0.3 is 20.2 Å². The van der Waals surface area contributed by atoms with Gasteiger partial charge in [0.1, 0.15) is 5.76 Å². The fraction of sp³-hybridized carbons (Fsp3) is 0.381. The monoisotopic (exact) mass is 384 g/mol.